The zero-order valence-electron chi connectivity index (χ0n) is 14.7. The molecular weight excluding hydrogens is 304 g/mol. The van der Waals surface area contributed by atoms with E-state index in [1.54, 1.807) is 0 Å². The molecule has 1 aromatic rings. The second kappa shape index (κ2) is 7.88. The van der Waals surface area contributed by atoms with Crippen LogP contribution in [-0.2, 0) is 11.3 Å². The van der Waals surface area contributed by atoms with Crippen molar-refractivity contribution in [2.24, 2.45) is 5.92 Å². The van der Waals surface area contributed by atoms with Gasteiger partial charge < -0.3 is 14.8 Å². The number of amides is 1. The van der Waals surface area contributed by atoms with Crippen molar-refractivity contribution in [2.75, 3.05) is 19.9 Å². The first kappa shape index (κ1) is 17.1. The second-order valence-electron chi connectivity index (χ2n) is 6.89. The number of nitrogens with one attached hydrogen (secondary N) is 1. The van der Waals surface area contributed by atoms with Crippen LogP contribution in [0.4, 0.5) is 0 Å². The minimum absolute atomic E-state index is 0.125. The van der Waals surface area contributed by atoms with E-state index in [0.29, 0.717) is 25.0 Å². The first-order chi connectivity index (χ1) is 11.7. The molecule has 132 valence electrons. The van der Waals surface area contributed by atoms with Gasteiger partial charge in [0.15, 0.2) is 11.5 Å². The molecule has 2 aliphatic rings. The maximum Gasteiger partial charge on any atom is 0.234 e. The molecule has 0 aromatic heterocycles. The highest BCUT2D eigenvalue weighted by Crippen LogP contribution is 2.35. The predicted octanol–water partition coefficient (Wildman–Crippen LogP) is 2.93. The molecule has 1 aliphatic carbocycles. The summed E-state index contributed by atoms with van der Waals surface area (Å²) in [4.78, 5) is 14.6. The van der Waals surface area contributed by atoms with E-state index in [1.807, 2.05) is 18.2 Å². The van der Waals surface area contributed by atoms with E-state index in [9.17, 15) is 4.79 Å². The molecule has 1 aromatic carbocycles. The summed E-state index contributed by atoms with van der Waals surface area (Å²) >= 11 is 0. The van der Waals surface area contributed by atoms with Gasteiger partial charge in [-0.05, 0) is 31.4 Å². The minimum Gasteiger partial charge on any atom is -0.454 e. The Kier molecular flexibility index (Phi) is 5.61. The van der Waals surface area contributed by atoms with Crippen molar-refractivity contribution < 1.29 is 14.3 Å². The number of fused-ring (bicyclic) bond motifs is 1. The summed E-state index contributed by atoms with van der Waals surface area (Å²) in [6, 6.07) is 6.26. The average Bonchev–Trinajstić information content (AvgIpc) is 3.06. The van der Waals surface area contributed by atoms with Crippen molar-refractivity contribution in [3.63, 3.8) is 0 Å². The molecule has 1 fully saturated rings. The van der Waals surface area contributed by atoms with Gasteiger partial charge in [0.1, 0.15) is 0 Å². The molecule has 0 bridgehead atoms. The number of carbonyl (C=O) groups is 1. The molecule has 1 N–H and O–H groups in total. The van der Waals surface area contributed by atoms with Crippen LogP contribution in [0.2, 0.25) is 0 Å². The fraction of sp³-hybridized carbons (Fsp3) is 0.632. The highest BCUT2D eigenvalue weighted by atomic mass is 16.7. The van der Waals surface area contributed by atoms with Crippen LogP contribution in [0.5, 0.6) is 11.5 Å². The molecule has 0 radical (unpaired) electrons. The van der Waals surface area contributed by atoms with Gasteiger partial charge in [0.25, 0.3) is 0 Å². The molecular formula is C19H28N2O3. The van der Waals surface area contributed by atoms with Gasteiger partial charge in [0.05, 0.1) is 6.54 Å². The maximum atomic E-state index is 12.4. The van der Waals surface area contributed by atoms with E-state index in [2.05, 4.69) is 24.1 Å². The van der Waals surface area contributed by atoms with Crippen LogP contribution in [0.25, 0.3) is 0 Å². The summed E-state index contributed by atoms with van der Waals surface area (Å²) in [5.74, 6) is 2.32. The summed E-state index contributed by atoms with van der Waals surface area (Å²) in [6.45, 7) is 6.53. The van der Waals surface area contributed by atoms with Crippen LogP contribution in [0.1, 0.15) is 45.1 Å². The largest absolute Gasteiger partial charge is 0.454 e. The predicted molar refractivity (Wildman–Crippen MR) is 93.1 cm³/mol. The van der Waals surface area contributed by atoms with E-state index in [4.69, 9.17) is 9.47 Å². The van der Waals surface area contributed by atoms with Gasteiger partial charge in [-0.1, -0.05) is 38.8 Å². The lowest BCUT2D eigenvalue weighted by molar-refractivity contribution is -0.123. The van der Waals surface area contributed by atoms with Crippen molar-refractivity contribution in [3.8, 4) is 11.5 Å². The number of hydrogen-bond acceptors (Lipinski definition) is 4. The Morgan fingerprint density at radius 1 is 1.29 bits per heavy atom. The first-order valence-corrected chi connectivity index (χ1v) is 9.06. The van der Waals surface area contributed by atoms with E-state index >= 15 is 0 Å². The quantitative estimate of drug-likeness (QED) is 0.870. The second-order valence-corrected chi connectivity index (χ2v) is 6.89. The smallest absolute Gasteiger partial charge is 0.234 e. The number of ether oxygens (including phenoxy) is 2. The van der Waals surface area contributed by atoms with Crippen molar-refractivity contribution in [3.05, 3.63) is 23.8 Å². The molecule has 0 spiro atoms. The number of likely N-dealkylation sites (N-methyl/N-ethyl adjacent to an activating group) is 1. The summed E-state index contributed by atoms with van der Waals surface area (Å²) in [7, 11) is 0. The number of nitrogens with zero attached hydrogens (tertiary/aromatic N) is 1. The standard InChI is InChI=1S/C19H28N2O3/c1-3-21(11-15-8-6-10-17-19(15)24-13-23-17)12-18(22)20-16-9-5-4-7-14(16)2/h6,8,10,14,16H,3-5,7,9,11-13H2,1-2H3,(H,20,22). The molecule has 0 saturated heterocycles. The van der Waals surface area contributed by atoms with Gasteiger partial charge in [-0.15, -0.1) is 0 Å². The van der Waals surface area contributed by atoms with Gasteiger partial charge in [-0.25, -0.2) is 0 Å². The number of para-hydroxylation sites is 1. The van der Waals surface area contributed by atoms with E-state index in [-0.39, 0.29) is 12.7 Å². The molecule has 1 heterocycles. The fourth-order valence-corrected chi connectivity index (χ4v) is 3.62. The Morgan fingerprint density at radius 3 is 2.92 bits per heavy atom. The van der Waals surface area contributed by atoms with Crippen molar-refractivity contribution in [2.45, 2.75) is 52.1 Å². The molecule has 1 amide bonds. The lowest BCUT2D eigenvalue weighted by Gasteiger charge is -2.30. The normalized spacial score (nSPS) is 22.6. The van der Waals surface area contributed by atoms with Gasteiger partial charge in [0.2, 0.25) is 12.7 Å². The van der Waals surface area contributed by atoms with Gasteiger partial charge in [-0.2, -0.15) is 0 Å². The topological polar surface area (TPSA) is 50.8 Å². The maximum absolute atomic E-state index is 12.4. The molecule has 3 rings (SSSR count). The molecule has 2 atom stereocenters. The van der Waals surface area contributed by atoms with Crippen LogP contribution >= 0.6 is 0 Å². The average molecular weight is 332 g/mol. The third-order valence-electron chi connectivity index (χ3n) is 5.14. The Bertz CT molecular complexity index is 576. The molecule has 5 nitrogen and oxygen atoms in total. The highest BCUT2D eigenvalue weighted by molar-refractivity contribution is 5.78. The number of carbonyl (C=O) groups excluding carboxylic acids is 1. The summed E-state index contributed by atoms with van der Waals surface area (Å²) in [5, 5.41) is 3.23. The van der Waals surface area contributed by atoms with Crippen molar-refractivity contribution in [1.29, 1.82) is 0 Å². The van der Waals surface area contributed by atoms with E-state index in [1.165, 1.54) is 19.3 Å². The molecule has 1 saturated carbocycles. The van der Waals surface area contributed by atoms with Crippen LogP contribution in [0, 0.1) is 5.92 Å². The fourth-order valence-electron chi connectivity index (χ4n) is 3.62. The monoisotopic (exact) mass is 332 g/mol. The zero-order chi connectivity index (χ0) is 16.9. The Hall–Kier alpha value is -1.75. The highest BCUT2D eigenvalue weighted by Gasteiger charge is 2.24. The van der Waals surface area contributed by atoms with Crippen molar-refractivity contribution in [1.82, 2.24) is 10.2 Å². The number of benzene rings is 1. The van der Waals surface area contributed by atoms with Gasteiger partial charge in [0, 0.05) is 18.2 Å². The van der Waals surface area contributed by atoms with Crippen molar-refractivity contribution >= 4 is 5.91 Å². The molecule has 1 aliphatic heterocycles. The third-order valence-corrected chi connectivity index (χ3v) is 5.14. The minimum atomic E-state index is 0.125. The Balaban J connectivity index is 1.56. The van der Waals surface area contributed by atoms with E-state index < -0.39 is 0 Å². The van der Waals surface area contributed by atoms with Crippen LogP contribution < -0.4 is 14.8 Å². The Morgan fingerprint density at radius 2 is 2.12 bits per heavy atom. The third kappa shape index (κ3) is 4.01. The first-order valence-electron chi connectivity index (χ1n) is 9.06. The van der Waals surface area contributed by atoms with Gasteiger partial charge >= 0.3 is 0 Å². The van der Waals surface area contributed by atoms with Crippen LogP contribution in [0.3, 0.4) is 0 Å². The summed E-state index contributed by atoms with van der Waals surface area (Å²) in [5.41, 5.74) is 1.07. The zero-order valence-corrected chi connectivity index (χ0v) is 14.7. The summed E-state index contributed by atoms with van der Waals surface area (Å²) < 4.78 is 11.0. The SMILES string of the molecule is CCN(CC(=O)NC1CCCCC1C)Cc1cccc2c1OCO2. The summed E-state index contributed by atoms with van der Waals surface area (Å²) in [6.07, 6.45) is 4.84. The number of hydrogen-bond donors (Lipinski definition) is 1. The van der Waals surface area contributed by atoms with Crippen LogP contribution in [-0.4, -0.2) is 36.7 Å². The van der Waals surface area contributed by atoms with Crippen LogP contribution in [0.15, 0.2) is 18.2 Å². The number of rotatable bonds is 6. The Labute approximate surface area is 144 Å². The lowest BCUT2D eigenvalue weighted by atomic mass is 9.86. The molecule has 24 heavy (non-hydrogen) atoms. The molecule has 5 heteroatoms. The van der Waals surface area contributed by atoms with E-state index in [0.717, 1.165) is 30.0 Å². The molecule has 2 unspecified atom stereocenters. The van der Waals surface area contributed by atoms with Gasteiger partial charge in [-0.3, -0.25) is 9.69 Å². The lowest BCUT2D eigenvalue weighted by Crippen LogP contribution is -2.45.